The molecule has 0 spiro atoms. The van der Waals surface area contributed by atoms with Gasteiger partial charge >= 0.3 is 0 Å². The van der Waals surface area contributed by atoms with E-state index in [9.17, 15) is 0 Å². The number of ether oxygens (including phenoxy) is 4. The summed E-state index contributed by atoms with van der Waals surface area (Å²) in [6.07, 6.45) is 3.52. The Bertz CT molecular complexity index is 906. The van der Waals surface area contributed by atoms with Crippen LogP contribution >= 0.6 is 0 Å². The number of hydrogen-bond acceptors (Lipinski definition) is 5. The number of rotatable bonds is 12. The van der Waals surface area contributed by atoms with Gasteiger partial charge in [-0.1, -0.05) is 36.4 Å². The monoisotopic (exact) mass is 434 g/mol. The summed E-state index contributed by atoms with van der Waals surface area (Å²) >= 11 is 0. The molecule has 168 valence electrons. The second-order valence-corrected chi connectivity index (χ2v) is 7.05. The highest BCUT2D eigenvalue weighted by atomic mass is 16.5. The van der Waals surface area contributed by atoms with Crippen molar-refractivity contribution in [2.45, 2.75) is 27.1 Å². The predicted octanol–water partition coefficient (Wildman–Crippen LogP) is 5.65. The van der Waals surface area contributed by atoms with E-state index in [4.69, 9.17) is 24.1 Å². The molecule has 3 aromatic rings. The summed E-state index contributed by atoms with van der Waals surface area (Å²) in [5.74, 6) is 3.08. The average molecular weight is 435 g/mol. The molecule has 0 radical (unpaired) electrons. The van der Waals surface area contributed by atoms with Crippen LogP contribution < -0.4 is 18.9 Å². The molecule has 5 nitrogen and oxygen atoms in total. The maximum Gasteiger partial charge on any atom is 0.124 e. The molecule has 0 aromatic heterocycles. The second kappa shape index (κ2) is 12.4. The summed E-state index contributed by atoms with van der Waals surface area (Å²) in [7, 11) is 0. The lowest BCUT2D eigenvalue weighted by molar-refractivity contribution is 0.289. The van der Waals surface area contributed by atoms with E-state index in [0.29, 0.717) is 37.9 Å². The van der Waals surface area contributed by atoms with Crippen molar-refractivity contribution in [3.05, 3.63) is 89.5 Å². The first-order valence-corrected chi connectivity index (χ1v) is 10.8. The Balaban J connectivity index is 1.67. The second-order valence-electron chi connectivity index (χ2n) is 7.05. The zero-order chi connectivity index (χ0) is 22.6. The highest BCUT2D eigenvalue weighted by molar-refractivity contribution is 5.55. The fourth-order valence-corrected chi connectivity index (χ4v) is 3.08. The van der Waals surface area contributed by atoms with Gasteiger partial charge in [0, 0.05) is 6.07 Å². The third-order valence-corrected chi connectivity index (χ3v) is 4.60. The highest BCUT2D eigenvalue weighted by Gasteiger charge is 2.05. The van der Waals surface area contributed by atoms with Crippen LogP contribution in [0.1, 0.15) is 30.5 Å². The molecule has 0 amide bonds. The summed E-state index contributed by atoms with van der Waals surface area (Å²) in [6, 6.07) is 21.4. The molecule has 0 aliphatic rings. The van der Waals surface area contributed by atoms with Crippen LogP contribution in [0.5, 0.6) is 23.0 Å². The van der Waals surface area contributed by atoms with Gasteiger partial charge in [0.05, 0.1) is 19.8 Å². The fourth-order valence-electron chi connectivity index (χ4n) is 3.08. The Kier molecular flexibility index (Phi) is 9.02. The van der Waals surface area contributed by atoms with Crippen molar-refractivity contribution in [1.82, 2.24) is 0 Å². The number of aliphatic hydroxyl groups is 1. The van der Waals surface area contributed by atoms with Gasteiger partial charge in [-0.3, -0.25) is 0 Å². The van der Waals surface area contributed by atoms with E-state index in [0.717, 1.165) is 28.2 Å². The number of hydrogen-bond donors (Lipinski definition) is 1. The first-order valence-electron chi connectivity index (χ1n) is 10.8. The molecule has 0 unspecified atom stereocenters. The first-order chi connectivity index (χ1) is 15.7. The van der Waals surface area contributed by atoms with Crippen LogP contribution in [0.4, 0.5) is 0 Å². The predicted molar refractivity (Wildman–Crippen MR) is 126 cm³/mol. The van der Waals surface area contributed by atoms with Gasteiger partial charge in [0.2, 0.25) is 0 Å². The SMILES string of the molecule is CCOc1ccc(COc2cc(C=CCO)cc(OCc3ccc(OCC)cc3)c2)cc1. The minimum atomic E-state index is -0.0281. The van der Waals surface area contributed by atoms with Crippen LogP contribution in [0.25, 0.3) is 6.08 Å². The molecule has 32 heavy (non-hydrogen) atoms. The van der Waals surface area contributed by atoms with Crippen LogP contribution in [0.15, 0.2) is 72.8 Å². The van der Waals surface area contributed by atoms with Gasteiger partial charge in [-0.2, -0.15) is 0 Å². The standard InChI is InChI=1S/C27H30O5/c1-3-29-24-11-7-21(8-12-24)19-31-26-16-23(6-5-15-28)17-27(18-26)32-20-22-9-13-25(14-10-22)30-4-2/h5-14,16-18,28H,3-4,15,19-20H2,1-2H3. The van der Waals surface area contributed by atoms with Crippen molar-refractivity contribution in [3.8, 4) is 23.0 Å². The lowest BCUT2D eigenvalue weighted by Gasteiger charge is -2.12. The molecule has 0 atom stereocenters. The fraction of sp³-hybridized carbons (Fsp3) is 0.259. The maximum absolute atomic E-state index is 9.12. The van der Waals surface area contributed by atoms with Gasteiger partial charge in [-0.15, -0.1) is 0 Å². The topological polar surface area (TPSA) is 57.2 Å². The summed E-state index contributed by atoms with van der Waals surface area (Å²) in [5, 5.41) is 9.12. The van der Waals surface area contributed by atoms with Crippen LogP contribution in [0, 0.1) is 0 Å². The molecule has 0 bridgehead atoms. The lowest BCUT2D eigenvalue weighted by atomic mass is 10.1. The normalized spacial score (nSPS) is 10.8. The molecule has 0 fully saturated rings. The summed E-state index contributed by atoms with van der Waals surface area (Å²) in [6.45, 7) is 6.04. The minimum absolute atomic E-state index is 0.0281. The molecule has 5 heteroatoms. The molecular formula is C27H30O5. The van der Waals surface area contributed by atoms with E-state index in [-0.39, 0.29) is 6.61 Å². The minimum Gasteiger partial charge on any atom is -0.494 e. The third-order valence-electron chi connectivity index (χ3n) is 4.60. The largest absolute Gasteiger partial charge is 0.494 e. The molecule has 0 saturated heterocycles. The summed E-state index contributed by atoms with van der Waals surface area (Å²) in [5.41, 5.74) is 2.98. The van der Waals surface area contributed by atoms with E-state index in [2.05, 4.69) is 0 Å². The van der Waals surface area contributed by atoms with Crippen LogP contribution in [-0.2, 0) is 13.2 Å². The molecule has 0 aliphatic carbocycles. The average Bonchev–Trinajstić information content (AvgIpc) is 2.82. The van der Waals surface area contributed by atoms with Crippen molar-refractivity contribution in [2.75, 3.05) is 19.8 Å². The number of aliphatic hydroxyl groups excluding tert-OH is 1. The molecule has 1 N–H and O–H groups in total. The Hall–Kier alpha value is -3.44. The Morgan fingerprint density at radius 2 is 1.09 bits per heavy atom. The van der Waals surface area contributed by atoms with Crippen molar-refractivity contribution in [3.63, 3.8) is 0 Å². The first kappa shape index (κ1) is 23.2. The van der Waals surface area contributed by atoms with E-state index in [1.54, 1.807) is 6.08 Å². The molecular weight excluding hydrogens is 404 g/mol. The maximum atomic E-state index is 9.12. The highest BCUT2D eigenvalue weighted by Crippen LogP contribution is 2.26. The van der Waals surface area contributed by atoms with Gasteiger partial charge in [0.1, 0.15) is 36.2 Å². The van der Waals surface area contributed by atoms with Crippen molar-refractivity contribution in [2.24, 2.45) is 0 Å². The molecule has 3 rings (SSSR count). The van der Waals surface area contributed by atoms with Crippen LogP contribution in [-0.4, -0.2) is 24.9 Å². The van der Waals surface area contributed by atoms with Crippen molar-refractivity contribution < 1.29 is 24.1 Å². The van der Waals surface area contributed by atoms with Crippen LogP contribution in [0.2, 0.25) is 0 Å². The van der Waals surface area contributed by atoms with E-state index < -0.39 is 0 Å². The van der Waals surface area contributed by atoms with Gasteiger partial charge in [0.25, 0.3) is 0 Å². The Morgan fingerprint density at radius 1 is 0.625 bits per heavy atom. The zero-order valence-corrected chi connectivity index (χ0v) is 18.6. The van der Waals surface area contributed by atoms with Gasteiger partial charge in [-0.05, 0) is 66.9 Å². The Labute approximate surface area is 189 Å². The molecule has 0 aliphatic heterocycles. The smallest absolute Gasteiger partial charge is 0.124 e. The molecule has 0 heterocycles. The van der Waals surface area contributed by atoms with E-state index in [1.165, 1.54) is 0 Å². The van der Waals surface area contributed by atoms with Crippen molar-refractivity contribution in [1.29, 1.82) is 0 Å². The summed E-state index contributed by atoms with van der Waals surface area (Å²) in [4.78, 5) is 0. The lowest BCUT2D eigenvalue weighted by Crippen LogP contribution is -1.99. The number of benzene rings is 3. The molecule has 0 saturated carbocycles. The van der Waals surface area contributed by atoms with Crippen LogP contribution in [0.3, 0.4) is 0 Å². The molecule has 3 aromatic carbocycles. The third kappa shape index (κ3) is 7.36. The van der Waals surface area contributed by atoms with Gasteiger partial charge < -0.3 is 24.1 Å². The quantitative estimate of drug-likeness (QED) is 0.399. The summed E-state index contributed by atoms with van der Waals surface area (Å²) < 4.78 is 23.0. The Morgan fingerprint density at radius 3 is 1.50 bits per heavy atom. The van der Waals surface area contributed by atoms with E-state index >= 15 is 0 Å². The van der Waals surface area contributed by atoms with Crippen molar-refractivity contribution >= 4 is 6.08 Å². The zero-order valence-electron chi connectivity index (χ0n) is 18.6. The van der Waals surface area contributed by atoms with E-state index in [1.807, 2.05) is 86.7 Å². The van der Waals surface area contributed by atoms with Gasteiger partial charge in [0.15, 0.2) is 0 Å². The van der Waals surface area contributed by atoms with Gasteiger partial charge in [-0.25, -0.2) is 0 Å².